The van der Waals surface area contributed by atoms with Crippen molar-refractivity contribution in [2.24, 2.45) is 0 Å². The minimum absolute atomic E-state index is 0.129. The van der Waals surface area contributed by atoms with Gasteiger partial charge in [0.05, 0.1) is 9.20 Å². The van der Waals surface area contributed by atoms with E-state index in [1.54, 1.807) is 30.6 Å². The average Bonchev–Trinajstić information content (AvgIpc) is 2.88. The minimum Gasteiger partial charge on any atom is -0.313 e. The molecule has 0 bridgehead atoms. The molecule has 0 saturated heterocycles. The first-order chi connectivity index (χ1) is 11.1. The van der Waals surface area contributed by atoms with Crippen molar-refractivity contribution in [3.8, 4) is 0 Å². The number of Topliss-reactive ketones (excluding diaryl/α,β-unsaturated/α-hetero) is 1. The van der Waals surface area contributed by atoms with Gasteiger partial charge in [-0.1, -0.05) is 35.9 Å². The molecule has 0 unspecified atom stereocenters. The number of carbonyl (C=O) groups is 1. The van der Waals surface area contributed by atoms with Crippen molar-refractivity contribution in [1.82, 2.24) is 9.97 Å². The highest BCUT2D eigenvalue weighted by molar-refractivity contribution is 7.07. The molecule has 3 rings (SSSR count). The number of ketones is 1. The van der Waals surface area contributed by atoms with E-state index >= 15 is 0 Å². The summed E-state index contributed by atoms with van der Waals surface area (Å²) in [6.07, 6.45) is 6.57. The quantitative estimate of drug-likeness (QED) is 0.746. The Morgan fingerprint density at radius 2 is 2.00 bits per heavy atom. The van der Waals surface area contributed by atoms with Crippen molar-refractivity contribution in [1.29, 1.82) is 0 Å². The van der Waals surface area contributed by atoms with E-state index in [9.17, 15) is 9.59 Å². The highest BCUT2D eigenvalue weighted by atomic mass is 32.1. The summed E-state index contributed by atoms with van der Waals surface area (Å²) in [7, 11) is 0. The van der Waals surface area contributed by atoms with Crippen LogP contribution in [-0.2, 0) is 0 Å². The lowest BCUT2D eigenvalue weighted by atomic mass is 10.1. The van der Waals surface area contributed by atoms with Gasteiger partial charge in [-0.25, -0.2) is 0 Å². The number of nitrogens with one attached hydrogen (secondary N) is 1. The third-order valence-corrected chi connectivity index (χ3v) is 4.22. The van der Waals surface area contributed by atoms with E-state index in [1.807, 2.05) is 31.2 Å². The van der Waals surface area contributed by atoms with Crippen LogP contribution in [-0.4, -0.2) is 15.8 Å². The Morgan fingerprint density at radius 1 is 1.22 bits per heavy atom. The largest absolute Gasteiger partial charge is 0.313 e. The van der Waals surface area contributed by atoms with Gasteiger partial charge >= 0.3 is 0 Å². The number of carbonyl (C=O) groups excluding carboxylic acids is 1. The van der Waals surface area contributed by atoms with Crippen molar-refractivity contribution >= 4 is 29.3 Å². The summed E-state index contributed by atoms with van der Waals surface area (Å²) in [5.74, 6) is -0.129. The predicted molar refractivity (Wildman–Crippen MR) is 92.0 cm³/mol. The number of H-pyrrole nitrogens is 1. The van der Waals surface area contributed by atoms with Crippen LogP contribution in [0.1, 0.15) is 21.5 Å². The molecule has 0 amide bonds. The second-order valence-electron chi connectivity index (χ2n) is 5.09. The Balaban J connectivity index is 1.97. The lowest BCUT2D eigenvalue weighted by Crippen LogP contribution is -2.20. The van der Waals surface area contributed by atoms with Crippen LogP contribution in [0.25, 0.3) is 12.2 Å². The van der Waals surface area contributed by atoms with Gasteiger partial charge in [0.15, 0.2) is 5.78 Å². The summed E-state index contributed by atoms with van der Waals surface area (Å²) >= 11 is 1.25. The maximum atomic E-state index is 12.2. The van der Waals surface area contributed by atoms with Gasteiger partial charge in [-0.3, -0.25) is 14.6 Å². The molecule has 0 saturated carbocycles. The molecule has 2 heterocycles. The van der Waals surface area contributed by atoms with Gasteiger partial charge in [0.1, 0.15) is 0 Å². The molecule has 1 aromatic carbocycles. The topological polar surface area (TPSA) is 62.8 Å². The number of rotatable bonds is 3. The SMILES string of the molecule is Cc1ccc(C(=O)/C=c2\[nH]c(=O)/c(=C/c3cccnc3)s2)cc1. The maximum absolute atomic E-state index is 12.2. The lowest BCUT2D eigenvalue weighted by molar-refractivity contribution is 0.106. The molecule has 0 aliphatic rings. The molecular weight excluding hydrogens is 308 g/mol. The molecule has 23 heavy (non-hydrogen) atoms. The third-order valence-electron chi connectivity index (χ3n) is 3.26. The molecule has 0 radical (unpaired) electrons. The molecule has 0 aliphatic heterocycles. The first kappa shape index (κ1) is 15.1. The molecule has 0 spiro atoms. The lowest BCUT2D eigenvalue weighted by Gasteiger charge is -1.95. The molecule has 5 heteroatoms. The summed E-state index contributed by atoms with van der Waals surface area (Å²) in [6, 6.07) is 11.0. The van der Waals surface area contributed by atoms with E-state index in [0.717, 1.165) is 11.1 Å². The number of nitrogens with zero attached hydrogens (tertiary/aromatic N) is 1. The Hall–Kier alpha value is -2.79. The second-order valence-corrected chi connectivity index (χ2v) is 6.17. The Morgan fingerprint density at radius 3 is 2.70 bits per heavy atom. The van der Waals surface area contributed by atoms with E-state index in [0.29, 0.717) is 14.8 Å². The number of aryl methyl sites for hydroxylation is 1. The fourth-order valence-corrected chi connectivity index (χ4v) is 2.94. The summed E-state index contributed by atoms with van der Waals surface area (Å²) in [6.45, 7) is 1.97. The van der Waals surface area contributed by atoms with E-state index in [-0.39, 0.29) is 11.3 Å². The van der Waals surface area contributed by atoms with Crippen molar-refractivity contribution < 1.29 is 4.79 Å². The normalized spacial score (nSPS) is 12.6. The Kier molecular flexibility index (Phi) is 4.30. The number of aromatic nitrogens is 2. The number of hydrogen-bond donors (Lipinski definition) is 1. The number of thiazole rings is 1. The van der Waals surface area contributed by atoms with Crippen molar-refractivity contribution in [3.05, 3.63) is 85.0 Å². The highest BCUT2D eigenvalue weighted by Gasteiger charge is 2.03. The van der Waals surface area contributed by atoms with Gasteiger partial charge in [-0.05, 0) is 24.6 Å². The zero-order valence-corrected chi connectivity index (χ0v) is 13.3. The molecule has 0 aliphatic carbocycles. The van der Waals surface area contributed by atoms with Crippen LogP contribution in [0, 0.1) is 6.92 Å². The molecule has 2 aromatic heterocycles. The molecule has 1 N–H and O–H groups in total. The molecular formula is C18H14N2O2S. The standard InChI is InChI=1S/C18H14N2O2S/c1-12-4-6-14(7-5-12)15(21)10-17-20-18(22)16(23-17)9-13-3-2-8-19-11-13/h2-11H,1H3,(H,20,22)/b16-9-,17-10+. The smallest absolute Gasteiger partial charge is 0.266 e. The van der Waals surface area contributed by atoms with E-state index in [2.05, 4.69) is 9.97 Å². The second kappa shape index (κ2) is 6.54. The summed E-state index contributed by atoms with van der Waals surface area (Å²) < 4.78 is 1.08. The zero-order valence-electron chi connectivity index (χ0n) is 12.4. The van der Waals surface area contributed by atoms with Gasteiger partial charge in [0, 0.05) is 24.0 Å². The van der Waals surface area contributed by atoms with Gasteiger partial charge in [-0.15, -0.1) is 11.3 Å². The minimum atomic E-state index is -0.207. The zero-order chi connectivity index (χ0) is 16.2. The predicted octanol–water partition coefficient (Wildman–Crippen LogP) is 1.63. The Labute approximate surface area is 136 Å². The summed E-state index contributed by atoms with van der Waals surface area (Å²) in [4.78, 5) is 30.9. The van der Waals surface area contributed by atoms with Crippen LogP contribution in [0.4, 0.5) is 0 Å². The molecule has 4 nitrogen and oxygen atoms in total. The average molecular weight is 322 g/mol. The van der Waals surface area contributed by atoms with E-state index < -0.39 is 0 Å². The molecule has 114 valence electrons. The fraction of sp³-hybridized carbons (Fsp3) is 0.0556. The fourth-order valence-electron chi connectivity index (χ4n) is 2.06. The van der Waals surface area contributed by atoms with Crippen LogP contribution in [0.15, 0.2) is 53.6 Å². The van der Waals surface area contributed by atoms with E-state index in [1.165, 1.54) is 17.4 Å². The van der Waals surface area contributed by atoms with Crippen molar-refractivity contribution in [2.75, 3.05) is 0 Å². The molecule has 0 fully saturated rings. The summed E-state index contributed by atoms with van der Waals surface area (Å²) in [5, 5.41) is 0. The van der Waals surface area contributed by atoms with Crippen LogP contribution in [0.3, 0.4) is 0 Å². The maximum Gasteiger partial charge on any atom is 0.266 e. The van der Waals surface area contributed by atoms with Crippen LogP contribution in [0.5, 0.6) is 0 Å². The number of aromatic amines is 1. The highest BCUT2D eigenvalue weighted by Crippen LogP contribution is 2.04. The van der Waals surface area contributed by atoms with Gasteiger partial charge in [0.25, 0.3) is 5.56 Å². The van der Waals surface area contributed by atoms with E-state index in [4.69, 9.17) is 0 Å². The van der Waals surface area contributed by atoms with Gasteiger partial charge < -0.3 is 4.98 Å². The van der Waals surface area contributed by atoms with Crippen LogP contribution in [0.2, 0.25) is 0 Å². The number of hydrogen-bond acceptors (Lipinski definition) is 4. The van der Waals surface area contributed by atoms with Crippen LogP contribution < -0.4 is 14.8 Å². The van der Waals surface area contributed by atoms with Crippen LogP contribution >= 0.6 is 11.3 Å². The molecule has 3 aromatic rings. The molecule has 0 atom stereocenters. The summed E-state index contributed by atoms with van der Waals surface area (Å²) in [5.41, 5.74) is 2.33. The first-order valence-corrected chi connectivity index (χ1v) is 7.87. The van der Waals surface area contributed by atoms with Crippen molar-refractivity contribution in [3.63, 3.8) is 0 Å². The first-order valence-electron chi connectivity index (χ1n) is 7.05. The van der Waals surface area contributed by atoms with Crippen molar-refractivity contribution in [2.45, 2.75) is 6.92 Å². The monoisotopic (exact) mass is 322 g/mol. The van der Waals surface area contributed by atoms with Gasteiger partial charge in [0.2, 0.25) is 0 Å². The number of pyridine rings is 1. The third kappa shape index (κ3) is 3.70. The Bertz CT molecular complexity index is 1000. The van der Waals surface area contributed by atoms with Gasteiger partial charge in [-0.2, -0.15) is 0 Å². The number of benzene rings is 1.